The number of carboxylic acids is 1. The number of fused-ring (bicyclic) bond motifs is 3. The number of thiazole rings is 1. The van der Waals surface area contributed by atoms with Crippen LogP contribution in [0.15, 0.2) is 16.7 Å². The third-order valence-electron chi connectivity index (χ3n) is 10.9. The number of aromatic nitrogens is 2. The smallest absolute Gasteiger partial charge is 0.335 e. The number of ether oxygens (including phenoxy) is 2. The molecule has 6 aliphatic rings. The molecule has 8 nitrogen and oxygen atoms in total. The zero-order valence-electron chi connectivity index (χ0n) is 23.3. The fourth-order valence-corrected chi connectivity index (χ4v) is 8.97. The predicted molar refractivity (Wildman–Crippen MR) is 154 cm³/mol. The van der Waals surface area contributed by atoms with Gasteiger partial charge in [0.1, 0.15) is 17.0 Å². The van der Waals surface area contributed by atoms with Crippen molar-refractivity contribution in [2.75, 3.05) is 11.4 Å². The summed E-state index contributed by atoms with van der Waals surface area (Å²) in [6.07, 6.45) is 15.1. The molecule has 0 radical (unpaired) electrons. The Balaban J connectivity index is 0.901. The zero-order valence-corrected chi connectivity index (χ0v) is 24.2. The van der Waals surface area contributed by atoms with Gasteiger partial charge in [0.15, 0.2) is 5.13 Å². The monoisotopic (exact) mass is 575 g/mol. The van der Waals surface area contributed by atoms with Crippen LogP contribution in [0.25, 0.3) is 10.2 Å². The van der Waals surface area contributed by atoms with Gasteiger partial charge in [-0.3, -0.25) is 0 Å². The molecule has 1 saturated heterocycles. The van der Waals surface area contributed by atoms with E-state index in [0.29, 0.717) is 41.6 Å². The molecule has 2 bridgehead atoms. The van der Waals surface area contributed by atoms with Crippen molar-refractivity contribution in [3.8, 4) is 5.75 Å². The molecule has 0 unspecified atom stereocenters. The number of aromatic carboxylic acids is 1. The van der Waals surface area contributed by atoms with Gasteiger partial charge in [0.25, 0.3) is 0 Å². The number of benzene rings is 1. The van der Waals surface area contributed by atoms with Crippen molar-refractivity contribution in [1.82, 2.24) is 10.1 Å². The van der Waals surface area contributed by atoms with E-state index in [-0.39, 0.29) is 17.8 Å². The lowest BCUT2D eigenvalue weighted by Gasteiger charge is -2.31. The molecule has 3 heterocycles. The SMILES string of the molecule is O=C(O)c1cc(OC2CC2)c2nc(N3C[C@@H]4C[C@H]3C[C@H]4OCc3c(C4CCC5(CC4)CC5)noc3C3CC3)sc2c1. The normalized spacial score (nSPS) is 28.7. The molecule has 1 N–H and O–H groups in total. The molecular weight excluding hydrogens is 538 g/mol. The molecule has 1 aliphatic heterocycles. The van der Waals surface area contributed by atoms with Crippen molar-refractivity contribution in [2.45, 2.75) is 114 Å². The van der Waals surface area contributed by atoms with E-state index in [2.05, 4.69) is 10.1 Å². The molecule has 41 heavy (non-hydrogen) atoms. The van der Waals surface area contributed by atoms with Crippen molar-refractivity contribution < 1.29 is 23.9 Å². The molecule has 5 saturated carbocycles. The van der Waals surface area contributed by atoms with E-state index in [4.69, 9.17) is 19.0 Å². The highest BCUT2D eigenvalue weighted by Gasteiger charge is 2.48. The number of carbonyl (C=O) groups is 1. The maximum Gasteiger partial charge on any atom is 0.335 e. The van der Waals surface area contributed by atoms with E-state index in [0.717, 1.165) is 53.3 Å². The number of anilines is 1. The Kier molecular flexibility index (Phi) is 5.57. The lowest BCUT2D eigenvalue weighted by atomic mass is 9.77. The second kappa shape index (κ2) is 9.17. The fourth-order valence-electron chi connectivity index (χ4n) is 7.87. The highest BCUT2D eigenvalue weighted by molar-refractivity contribution is 7.22. The summed E-state index contributed by atoms with van der Waals surface area (Å²) >= 11 is 1.58. The molecule has 1 aromatic carbocycles. The van der Waals surface area contributed by atoms with Crippen LogP contribution < -0.4 is 9.64 Å². The first-order valence-electron chi connectivity index (χ1n) is 15.7. The van der Waals surface area contributed by atoms with Gasteiger partial charge in [0.2, 0.25) is 0 Å². The zero-order chi connectivity index (χ0) is 27.3. The third-order valence-corrected chi connectivity index (χ3v) is 11.9. The van der Waals surface area contributed by atoms with Gasteiger partial charge in [-0.25, -0.2) is 9.78 Å². The van der Waals surface area contributed by atoms with E-state index < -0.39 is 5.97 Å². The van der Waals surface area contributed by atoms with Crippen LogP contribution in [0, 0.1) is 11.3 Å². The molecule has 1 spiro atoms. The quantitative estimate of drug-likeness (QED) is 0.291. The summed E-state index contributed by atoms with van der Waals surface area (Å²) < 4.78 is 19.7. The average Bonchev–Trinajstić information content (AvgIpc) is 3.94. The number of hydrogen-bond donors (Lipinski definition) is 1. The number of carboxylic acid groups (broad SMARTS) is 1. The molecule has 2 aromatic heterocycles. The van der Waals surface area contributed by atoms with Crippen LogP contribution in [0.4, 0.5) is 5.13 Å². The minimum atomic E-state index is -0.932. The summed E-state index contributed by atoms with van der Waals surface area (Å²) in [6, 6.07) is 3.78. The van der Waals surface area contributed by atoms with Crippen molar-refractivity contribution in [1.29, 1.82) is 0 Å². The summed E-state index contributed by atoms with van der Waals surface area (Å²) in [7, 11) is 0. The summed E-state index contributed by atoms with van der Waals surface area (Å²) in [5, 5.41) is 15.3. The van der Waals surface area contributed by atoms with E-state index in [9.17, 15) is 9.90 Å². The van der Waals surface area contributed by atoms with Crippen molar-refractivity contribution in [3.05, 3.63) is 34.7 Å². The van der Waals surface area contributed by atoms with Crippen LogP contribution in [-0.2, 0) is 11.3 Å². The minimum Gasteiger partial charge on any atom is -0.488 e. The Morgan fingerprint density at radius 3 is 2.59 bits per heavy atom. The number of nitrogens with zero attached hydrogens (tertiary/aromatic N) is 3. The van der Waals surface area contributed by atoms with E-state index in [1.807, 2.05) is 0 Å². The fraction of sp³-hybridized carbons (Fsp3) is 0.656. The van der Waals surface area contributed by atoms with Gasteiger partial charge in [0.05, 0.1) is 34.8 Å². The van der Waals surface area contributed by atoms with Crippen LogP contribution in [0.5, 0.6) is 5.75 Å². The highest BCUT2D eigenvalue weighted by Crippen LogP contribution is 2.59. The standard InChI is InChI=1S/C32H37N3O5S/c36-30(37)19-12-25(39-22-3-4-22)28-26(13-19)41-31(33-28)35-15-20-11-21(35)14-24(20)38-16-23-27(34-40-29(23)18-1-2-18)17-5-7-32(8-6-17)9-10-32/h12-13,17-18,20-22,24H,1-11,14-16H2,(H,36,37)/t20-,21-,24+/m0/s1. The molecule has 9 heteroatoms. The topological polar surface area (TPSA) is 97.9 Å². The lowest BCUT2D eigenvalue weighted by molar-refractivity contribution is 0.0116. The van der Waals surface area contributed by atoms with Crippen molar-refractivity contribution >= 4 is 32.7 Å². The maximum absolute atomic E-state index is 11.7. The minimum absolute atomic E-state index is 0.187. The Labute approximate surface area is 243 Å². The second-order valence-electron chi connectivity index (χ2n) is 13.8. The first-order valence-corrected chi connectivity index (χ1v) is 16.5. The van der Waals surface area contributed by atoms with Gasteiger partial charge in [-0.05, 0) is 94.6 Å². The van der Waals surface area contributed by atoms with Crippen molar-refractivity contribution in [3.63, 3.8) is 0 Å². The lowest BCUT2D eigenvalue weighted by Crippen LogP contribution is -2.38. The summed E-state index contributed by atoms with van der Waals surface area (Å²) in [5.41, 5.74) is 4.21. The van der Waals surface area contributed by atoms with Gasteiger partial charge < -0.3 is 24.0 Å². The van der Waals surface area contributed by atoms with Gasteiger partial charge in [0, 0.05) is 35.9 Å². The molecule has 3 aromatic rings. The maximum atomic E-state index is 11.7. The Hall–Kier alpha value is -2.65. The van der Waals surface area contributed by atoms with Crippen LogP contribution in [0.1, 0.15) is 116 Å². The average molecular weight is 576 g/mol. The van der Waals surface area contributed by atoms with Gasteiger partial charge in [-0.1, -0.05) is 16.5 Å². The van der Waals surface area contributed by atoms with E-state index in [1.54, 1.807) is 23.5 Å². The van der Waals surface area contributed by atoms with Gasteiger partial charge >= 0.3 is 5.97 Å². The second-order valence-corrected chi connectivity index (χ2v) is 14.8. The van der Waals surface area contributed by atoms with Crippen LogP contribution >= 0.6 is 11.3 Å². The first kappa shape index (κ1) is 24.9. The molecular formula is C32H37N3O5S. The molecule has 3 atom stereocenters. The predicted octanol–water partition coefficient (Wildman–Crippen LogP) is 7.02. The largest absolute Gasteiger partial charge is 0.488 e. The van der Waals surface area contributed by atoms with Crippen LogP contribution in [0.3, 0.4) is 0 Å². The number of piperidine rings is 1. The number of hydrogen-bond acceptors (Lipinski definition) is 8. The van der Waals surface area contributed by atoms with Crippen LogP contribution in [-0.4, -0.2) is 46.0 Å². The van der Waals surface area contributed by atoms with Crippen LogP contribution in [0.2, 0.25) is 0 Å². The van der Waals surface area contributed by atoms with Gasteiger partial charge in [-0.15, -0.1) is 0 Å². The molecule has 216 valence electrons. The molecule has 5 aliphatic carbocycles. The summed E-state index contributed by atoms with van der Waals surface area (Å²) in [6.45, 7) is 1.55. The van der Waals surface area contributed by atoms with E-state index >= 15 is 0 Å². The Morgan fingerprint density at radius 1 is 1.07 bits per heavy atom. The Bertz CT molecular complexity index is 1510. The Morgan fingerprint density at radius 2 is 1.90 bits per heavy atom. The summed E-state index contributed by atoms with van der Waals surface area (Å²) in [5.74, 6) is 2.33. The highest BCUT2D eigenvalue weighted by atomic mass is 32.1. The summed E-state index contributed by atoms with van der Waals surface area (Å²) in [4.78, 5) is 19.2. The first-order chi connectivity index (χ1) is 20.0. The van der Waals surface area contributed by atoms with Gasteiger partial charge in [-0.2, -0.15) is 0 Å². The molecule has 6 fully saturated rings. The van der Waals surface area contributed by atoms with E-state index in [1.165, 1.54) is 62.6 Å². The number of rotatable bonds is 9. The molecule has 9 rings (SSSR count). The van der Waals surface area contributed by atoms with Crippen molar-refractivity contribution in [2.24, 2.45) is 11.3 Å². The third kappa shape index (κ3) is 4.46. The molecule has 0 amide bonds.